The van der Waals surface area contributed by atoms with E-state index < -0.39 is 35.7 Å². The van der Waals surface area contributed by atoms with Gasteiger partial charge in [-0.15, -0.1) is 0 Å². The van der Waals surface area contributed by atoms with Crippen molar-refractivity contribution < 1.29 is 28.6 Å². The standard InChI is InChI=1S/C16H18ClNO6/c1-7-5-8-6-9(14(19)22-2)10(15(20)23-3)11(16(21)24-4)12(8)18-13(7)17/h5,9-11H,6H2,1-4H3/t9-,10-,11-/m0/s1. The number of aryl methyl sites for hydroxylation is 1. The van der Waals surface area contributed by atoms with E-state index in [1.54, 1.807) is 13.0 Å². The molecular formula is C16H18ClNO6. The fraction of sp³-hybridized carbons (Fsp3) is 0.500. The second kappa shape index (κ2) is 7.17. The molecule has 0 fully saturated rings. The summed E-state index contributed by atoms with van der Waals surface area (Å²) in [6, 6.07) is 1.75. The molecule has 0 saturated carbocycles. The molecule has 1 aromatic heterocycles. The number of pyridine rings is 1. The summed E-state index contributed by atoms with van der Waals surface area (Å²) < 4.78 is 14.4. The zero-order chi connectivity index (χ0) is 18.0. The van der Waals surface area contributed by atoms with Crippen molar-refractivity contribution >= 4 is 29.5 Å². The van der Waals surface area contributed by atoms with Crippen LogP contribution in [0.3, 0.4) is 0 Å². The fourth-order valence-electron chi connectivity index (χ4n) is 3.06. The summed E-state index contributed by atoms with van der Waals surface area (Å²) in [5, 5.41) is 0.225. The summed E-state index contributed by atoms with van der Waals surface area (Å²) in [7, 11) is 3.62. The largest absolute Gasteiger partial charge is 0.469 e. The van der Waals surface area contributed by atoms with Gasteiger partial charge in [-0.1, -0.05) is 17.7 Å². The van der Waals surface area contributed by atoms with Gasteiger partial charge in [-0.05, 0) is 24.5 Å². The Bertz CT molecular complexity index is 689. The Morgan fingerprint density at radius 1 is 1.08 bits per heavy atom. The average molecular weight is 356 g/mol. The van der Waals surface area contributed by atoms with E-state index in [9.17, 15) is 14.4 Å². The molecule has 0 aromatic carbocycles. The summed E-state index contributed by atoms with van der Waals surface area (Å²) >= 11 is 6.08. The molecule has 1 aliphatic rings. The lowest BCUT2D eigenvalue weighted by Gasteiger charge is -2.34. The van der Waals surface area contributed by atoms with Crippen LogP contribution in [0.1, 0.15) is 22.7 Å². The Morgan fingerprint density at radius 2 is 1.67 bits per heavy atom. The first-order chi connectivity index (χ1) is 11.3. The smallest absolute Gasteiger partial charge is 0.315 e. The molecule has 130 valence electrons. The molecule has 8 heteroatoms. The molecule has 1 aromatic rings. The van der Waals surface area contributed by atoms with Gasteiger partial charge in [0.05, 0.1) is 38.9 Å². The molecule has 0 N–H and O–H groups in total. The maximum atomic E-state index is 12.3. The van der Waals surface area contributed by atoms with Crippen molar-refractivity contribution in [3.8, 4) is 0 Å². The van der Waals surface area contributed by atoms with E-state index in [-0.39, 0.29) is 11.6 Å². The number of halogens is 1. The molecule has 0 bridgehead atoms. The summed E-state index contributed by atoms with van der Waals surface area (Å²) in [6.45, 7) is 1.77. The zero-order valence-electron chi connectivity index (χ0n) is 13.8. The first kappa shape index (κ1) is 18.2. The normalized spacial score (nSPS) is 22.3. The van der Waals surface area contributed by atoms with Crippen molar-refractivity contribution in [2.24, 2.45) is 11.8 Å². The number of ether oxygens (including phenoxy) is 3. The van der Waals surface area contributed by atoms with Crippen molar-refractivity contribution in [3.63, 3.8) is 0 Å². The lowest BCUT2D eigenvalue weighted by molar-refractivity contribution is -0.163. The molecule has 0 amide bonds. The van der Waals surface area contributed by atoms with Crippen LogP contribution in [0, 0.1) is 18.8 Å². The molecule has 2 rings (SSSR count). The average Bonchev–Trinajstić information content (AvgIpc) is 2.59. The number of esters is 3. The Hall–Kier alpha value is -2.15. The van der Waals surface area contributed by atoms with Crippen LogP contribution in [0.15, 0.2) is 6.07 Å². The highest BCUT2D eigenvalue weighted by atomic mass is 35.5. The van der Waals surface area contributed by atoms with Gasteiger partial charge in [-0.25, -0.2) is 4.98 Å². The van der Waals surface area contributed by atoms with Gasteiger partial charge < -0.3 is 14.2 Å². The summed E-state index contributed by atoms with van der Waals surface area (Å²) in [4.78, 5) is 41.1. The molecular weight excluding hydrogens is 338 g/mol. The number of carbonyl (C=O) groups excluding carboxylic acids is 3. The van der Waals surface area contributed by atoms with Gasteiger partial charge in [0.15, 0.2) is 0 Å². The van der Waals surface area contributed by atoms with Gasteiger partial charge in [-0.2, -0.15) is 0 Å². The van der Waals surface area contributed by atoms with E-state index in [4.69, 9.17) is 25.8 Å². The minimum absolute atomic E-state index is 0.195. The van der Waals surface area contributed by atoms with Gasteiger partial charge >= 0.3 is 17.9 Å². The van der Waals surface area contributed by atoms with Crippen molar-refractivity contribution in [3.05, 3.63) is 28.0 Å². The molecule has 1 heterocycles. The van der Waals surface area contributed by atoms with Gasteiger partial charge in [0.2, 0.25) is 0 Å². The molecule has 1 aliphatic carbocycles. The van der Waals surface area contributed by atoms with E-state index in [0.717, 1.165) is 0 Å². The molecule has 0 spiro atoms. The molecule has 0 aliphatic heterocycles. The molecule has 3 atom stereocenters. The Balaban J connectivity index is 2.67. The third-order valence-corrected chi connectivity index (χ3v) is 4.61. The van der Waals surface area contributed by atoms with Crippen molar-refractivity contribution in [1.29, 1.82) is 0 Å². The number of hydrogen-bond donors (Lipinski definition) is 0. The van der Waals surface area contributed by atoms with Crippen LogP contribution in [-0.2, 0) is 35.0 Å². The Kier molecular flexibility index (Phi) is 5.43. The second-order valence-corrected chi connectivity index (χ2v) is 5.88. The minimum atomic E-state index is -1.09. The summed E-state index contributed by atoms with van der Waals surface area (Å²) in [6.07, 6.45) is 0.195. The minimum Gasteiger partial charge on any atom is -0.469 e. The number of nitrogens with zero attached hydrogens (tertiary/aromatic N) is 1. The number of carbonyl (C=O) groups is 3. The highest BCUT2D eigenvalue weighted by Gasteiger charge is 2.50. The quantitative estimate of drug-likeness (QED) is 0.460. The van der Waals surface area contributed by atoms with Crippen LogP contribution in [-0.4, -0.2) is 44.2 Å². The lowest BCUT2D eigenvalue weighted by atomic mass is 9.70. The van der Waals surface area contributed by atoms with Gasteiger partial charge in [0, 0.05) is 0 Å². The lowest BCUT2D eigenvalue weighted by Crippen LogP contribution is -2.44. The Labute approximate surface area is 144 Å². The Morgan fingerprint density at radius 3 is 2.21 bits per heavy atom. The third kappa shape index (κ3) is 3.08. The number of aromatic nitrogens is 1. The SMILES string of the molecule is COC(=O)[C@H]1[C@@H](C(=O)OC)Cc2cc(C)c(Cl)nc2[C@H]1C(=O)OC. The molecule has 0 saturated heterocycles. The van der Waals surface area contributed by atoms with Gasteiger partial charge in [-0.3, -0.25) is 14.4 Å². The predicted octanol–water partition coefficient (Wildman–Crippen LogP) is 1.43. The highest BCUT2D eigenvalue weighted by Crippen LogP contribution is 2.42. The zero-order valence-corrected chi connectivity index (χ0v) is 14.5. The fourth-order valence-corrected chi connectivity index (χ4v) is 3.21. The molecule has 7 nitrogen and oxygen atoms in total. The molecule has 0 radical (unpaired) electrons. The van der Waals surface area contributed by atoms with Crippen LogP contribution in [0.2, 0.25) is 5.15 Å². The van der Waals surface area contributed by atoms with Crippen molar-refractivity contribution in [2.45, 2.75) is 19.3 Å². The number of methoxy groups -OCH3 is 3. The van der Waals surface area contributed by atoms with E-state index in [0.29, 0.717) is 16.8 Å². The van der Waals surface area contributed by atoms with Crippen LogP contribution in [0.25, 0.3) is 0 Å². The van der Waals surface area contributed by atoms with E-state index in [2.05, 4.69) is 4.98 Å². The number of fused-ring (bicyclic) bond motifs is 1. The first-order valence-electron chi connectivity index (χ1n) is 7.25. The monoisotopic (exact) mass is 355 g/mol. The maximum absolute atomic E-state index is 12.3. The summed E-state index contributed by atoms with van der Waals surface area (Å²) in [5.74, 6) is -5.04. The van der Waals surface area contributed by atoms with Crippen LogP contribution >= 0.6 is 11.6 Å². The van der Waals surface area contributed by atoms with Crippen molar-refractivity contribution in [1.82, 2.24) is 4.98 Å². The van der Waals surface area contributed by atoms with Crippen LogP contribution in [0.4, 0.5) is 0 Å². The van der Waals surface area contributed by atoms with E-state index >= 15 is 0 Å². The number of rotatable bonds is 3. The third-order valence-electron chi connectivity index (χ3n) is 4.22. The van der Waals surface area contributed by atoms with Gasteiger partial charge in [0.25, 0.3) is 0 Å². The van der Waals surface area contributed by atoms with Crippen LogP contribution < -0.4 is 0 Å². The second-order valence-electron chi connectivity index (χ2n) is 5.52. The molecule has 24 heavy (non-hydrogen) atoms. The van der Waals surface area contributed by atoms with Crippen molar-refractivity contribution in [2.75, 3.05) is 21.3 Å². The first-order valence-corrected chi connectivity index (χ1v) is 7.62. The van der Waals surface area contributed by atoms with Crippen LogP contribution in [0.5, 0.6) is 0 Å². The van der Waals surface area contributed by atoms with E-state index in [1.807, 2.05) is 0 Å². The highest BCUT2D eigenvalue weighted by molar-refractivity contribution is 6.30. The maximum Gasteiger partial charge on any atom is 0.315 e. The van der Waals surface area contributed by atoms with E-state index in [1.165, 1.54) is 21.3 Å². The molecule has 0 unspecified atom stereocenters. The van der Waals surface area contributed by atoms with Gasteiger partial charge in [0.1, 0.15) is 11.1 Å². The number of hydrogen-bond acceptors (Lipinski definition) is 7. The predicted molar refractivity (Wildman–Crippen MR) is 83.5 cm³/mol. The topological polar surface area (TPSA) is 91.8 Å². The summed E-state index contributed by atoms with van der Waals surface area (Å²) in [5.41, 5.74) is 1.69.